The third-order valence-electron chi connectivity index (χ3n) is 6.32. The first-order valence-corrected chi connectivity index (χ1v) is 13.4. The van der Waals surface area contributed by atoms with Gasteiger partial charge in [-0.1, -0.05) is 54.4 Å². The molecule has 3 aromatic rings. The number of thioether (sulfide) groups is 1. The van der Waals surface area contributed by atoms with Gasteiger partial charge in [0.2, 0.25) is 5.91 Å². The fourth-order valence-electron chi connectivity index (χ4n) is 4.41. The van der Waals surface area contributed by atoms with E-state index in [1.807, 2.05) is 42.8 Å². The zero-order valence-electron chi connectivity index (χ0n) is 20.4. The second kappa shape index (κ2) is 11.1. The Hall–Kier alpha value is -2.74. The van der Waals surface area contributed by atoms with Gasteiger partial charge in [-0.15, -0.1) is 0 Å². The smallest absolute Gasteiger partial charge is 0.293 e. The van der Waals surface area contributed by atoms with Crippen LogP contribution in [0.4, 0.5) is 4.79 Å². The highest BCUT2D eigenvalue weighted by Gasteiger charge is 2.35. The van der Waals surface area contributed by atoms with Gasteiger partial charge in [0, 0.05) is 40.3 Å². The number of aromatic nitrogens is 1. The highest BCUT2D eigenvalue weighted by molar-refractivity contribution is 8.18. The molecule has 1 aliphatic heterocycles. The van der Waals surface area contributed by atoms with E-state index >= 15 is 0 Å². The predicted octanol–water partition coefficient (Wildman–Crippen LogP) is 6.62. The molecule has 0 unspecified atom stereocenters. The van der Waals surface area contributed by atoms with Crippen LogP contribution in [0, 0.1) is 0 Å². The number of imide groups is 1. The largest absolute Gasteiger partial charge is 0.342 e. The van der Waals surface area contributed by atoms with Gasteiger partial charge < -0.3 is 9.47 Å². The molecule has 0 radical (unpaired) electrons. The second-order valence-electron chi connectivity index (χ2n) is 8.45. The maximum atomic E-state index is 13.2. The van der Waals surface area contributed by atoms with Crippen LogP contribution in [0.15, 0.2) is 47.5 Å². The highest BCUT2D eigenvalue weighted by atomic mass is 35.5. The maximum absolute atomic E-state index is 13.2. The normalized spacial score (nSPS) is 14.9. The molecule has 4 rings (SSSR count). The van der Waals surface area contributed by atoms with Crippen LogP contribution < -0.4 is 0 Å². The molecule has 1 fully saturated rings. The van der Waals surface area contributed by atoms with Crippen LogP contribution >= 0.6 is 35.0 Å². The first kappa shape index (κ1) is 26.3. The summed E-state index contributed by atoms with van der Waals surface area (Å²) in [6.45, 7) is 7.57. The lowest BCUT2D eigenvalue weighted by Crippen LogP contribution is -2.33. The summed E-state index contributed by atoms with van der Waals surface area (Å²) >= 11 is 13.1. The summed E-state index contributed by atoms with van der Waals surface area (Å²) in [5, 5.41) is 1.47. The second-order valence-corrected chi connectivity index (χ2v) is 10.3. The Labute approximate surface area is 224 Å². The topological polar surface area (TPSA) is 62.6 Å². The van der Waals surface area contributed by atoms with Gasteiger partial charge in [-0.2, -0.15) is 0 Å². The van der Waals surface area contributed by atoms with Crippen LogP contribution in [-0.4, -0.2) is 44.5 Å². The van der Waals surface area contributed by atoms with Gasteiger partial charge in [-0.25, -0.2) is 0 Å². The van der Waals surface area contributed by atoms with Crippen molar-refractivity contribution in [1.82, 2.24) is 14.4 Å². The van der Waals surface area contributed by atoms with Crippen LogP contribution in [0.5, 0.6) is 0 Å². The van der Waals surface area contributed by atoms with Gasteiger partial charge in [0.1, 0.15) is 6.54 Å². The molecule has 3 amide bonds. The molecule has 0 bridgehead atoms. The Morgan fingerprint density at radius 3 is 2.47 bits per heavy atom. The van der Waals surface area contributed by atoms with Crippen molar-refractivity contribution in [2.45, 2.75) is 40.3 Å². The van der Waals surface area contributed by atoms with Gasteiger partial charge in [0.25, 0.3) is 11.1 Å². The Morgan fingerprint density at radius 1 is 1.06 bits per heavy atom. The minimum atomic E-state index is -0.372. The first-order valence-electron chi connectivity index (χ1n) is 11.8. The number of nitrogens with zero attached hydrogens (tertiary/aromatic N) is 3. The number of likely N-dealkylation sites (N-methyl/N-ethyl adjacent to an activating group) is 1. The van der Waals surface area contributed by atoms with Crippen molar-refractivity contribution in [3.8, 4) is 0 Å². The molecule has 0 aliphatic carbocycles. The summed E-state index contributed by atoms with van der Waals surface area (Å²) in [6, 6.07) is 11.0. The zero-order chi connectivity index (χ0) is 26.0. The summed E-state index contributed by atoms with van der Waals surface area (Å²) in [5.41, 5.74) is 3.52. The van der Waals surface area contributed by atoms with Crippen LogP contribution in [0.25, 0.3) is 17.0 Å². The molecule has 1 aliphatic rings. The Kier molecular flexibility index (Phi) is 8.13. The van der Waals surface area contributed by atoms with Gasteiger partial charge in [-0.05, 0) is 61.4 Å². The summed E-state index contributed by atoms with van der Waals surface area (Å²) in [7, 11) is 0. The summed E-state index contributed by atoms with van der Waals surface area (Å²) in [6.07, 6.45) is 4.45. The molecule has 0 spiro atoms. The molecule has 9 heteroatoms. The number of carbonyl (C=O) groups is 3. The number of para-hydroxylation sites is 1. The number of amides is 3. The lowest BCUT2D eigenvalue weighted by molar-refractivity contribution is -0.131. The standard InChI is InChI=1S/C27H27Cl2N3O3S/c1-4-17-8-7-9-21-19(14-31(25(17)21)16-24(33)30(5-2)6-3)12-23-26(34)32(27(35)36-23)15-18-10-11-20(28)13-22(18)29/h7-14H,4-6,15-16H2,1-3H3/b23-12-. The molecule has 2 aromatic carbocycles. The van der Waals surface area contributed by atoms with Gasteiger partial charge in [-0.3, -0.25) is 19.3 Å². The average molecular weight is 545 g/mol. The lowest BCUT2D eigenvalue weighted by Gasteiger charge is -2.19. The number of halogens is 2. The lowest BCUT2D eigenvalue weighted by atomic mass is 10.1. The van der Waals surface area contributed by atoms with Crippen LogP contribution in [0.1, 0.15) is 37.5 Å². The molecule has 6 nitrogen and oxygen atoms in total. The molecule has 1 aromatic heterocycles. The summed E-state index contributed by atoms with van der Waals surface area (Å²) in [5.74, 6) is -0.336. The van der Waals surface area contributed by atoms with Crippen molar-refractivity contribution in [1.29, 1.82) is 0 Å². The average Bonchev–Trinajstić information content (AvgIpc) is 3.33. The Bertz CT molecular complexity index is 1380. The molecule has 36 heavy (non-hydrogen) atoms. The van der Waals surface area contributed by atoms with E-state index in [2.05, 4.69) is 6.92 Å². The molecule has 0 saturated carbocycles. The third-order valence-corrected chi connectivity index (χ3v) is 7.81. The first-order chi connectivity index (χ1) is 17.3. The van der Waals surface area contributed by atoms with E-state index < -0.39 is 0 Å². The van der Waals surface area contributed by atoms with Crippen molar-refractivity contribution in [2.24, 2.45) is 0 Å². The van der Waals surface area contributed by atoms with Crippen molar-refractivity contribution in [3.05, 3.63) is 74.2 Å². The molecular weight excluding hydrogens is 517 g/mol. The van der Waals surface area contributed by atoms with E-state index in [9.17, 15) is 14.4 Å². The highest BCUT2D eigenvalue weighted by Crippen LogP contribution is 2.36. The monoisotopic (exact) mass is 543 g/mol. The Balaban J connectivity index is 1.69. The summed E-state index contributed by atoms with van der Waals surface area (Å²) < 4.78 is 1.96. The van der Waals surface area contributed by atoms with E-state index in [0.717, 1.165) is 40.2 Å². The van der Waals surface area contributed by atoms with Crippen molar-refractivity contribution < 1.29 is 14.4 Å². The fourth-order valence-corrected chi connectivity index (χ4v) is 5.71. The van der Waals surface area contributed by atoms with Crippen LogP contribution in [0.3, 0.4) is 0 Å². The summed E-state index contributed by atoms with van der Waals surface area (Å²) in [4.78, 5) is 42.1. The van der Waals surface area contributed by atoms with E-state index in [0.29, 0.717) is 33.6 Å². The maximum Gasteiger partial charge on any atom is 0.293 e. The van der Waals surface area contributed by atoms with E-state index in [1.165, 1.54) is 4.90 Å². The van der Waals surface area contributed by atoms with Crippen LogP contribution in [-0.2, 0) is 29.1 Å². The van der Waals surface area contributed by atoms with Gasteiger partial charge in [0.15, 0.2) is 0 Å². The Morgan fingerprint density at radius 2 is 1.81 bits per heavy atom. The molecule has 188 valence electrons. The number of fused-ring (bicyclic) bond motifs is 1. The molecule has 0 atom stereocenters. The number of hydrogen-bond donors (Lipinski definition) is 0. The SMILES string of the molecule is CCc1cccc2c(/C=C3\SC(=O)N(Cc4ccc(Cl)cc4Cl)C3=O)cn(CC(=O)N(CC)CC)c12. The van der Waals surface area contributed by atoms with E-state index in [-0.39, 0.29) is 30.1 Å². The third kappa shape index (κ3) is 5.19. The van der Waals surface area contributed by atoms with Gasteiger partial charge >= 0.3 is 0 Å². The number of rotatable bonds is 8. The molecular formula is C27H27Cl2N3O3S. The number of carbonyl (C=O) groups excluding carboxylic acids is 3. The van der Waals surface area contributed by atoms with Crippen molar-refractivity contribution in [3.63, 3.8) is 0 Å². The zero-order valence-corrected chi connectivity index (χ0v) is 22.7. The van der Waals surface area contributed by atoms with E-state index in [4.69, 9.17) is 23.2 Å². The minimum Gasteiger partial charge on any atom is -0.342 e. The molecule has 2 heterocycles. The van der Waals surface area contributed by atoms with Crippen LogP contribution in [0.2, 0.25) is 10.0 Å². The molecule has 1 saturated heterocycles. The van der Waals surface area contributed by atoms with Crippen molar-refractivity contribution in [2.75, 3.05) is 13.1 Å². The quantitative estimate of drug-likeness (QED) is 0.299. The van der Waals surface area contributed by atoms with Crippen molar-refractivity contribution >= 4 is 69.0 Å². The predicted molar refractivity (Wildman–Crippen MR) is 147 cm³/mol. The number of hydrogen-bond acceptors (Lipinski definition) is 4. The number of benzene rings is 2. The van der Waals surface area contributed by atoms with Gasteiger partial charge in [0.05, 0.1) is 17.0 Å². The molecule has 0 N–H and O–H groups in total. The fraction of sp³-hybridized carbons (Fsp3) is 0.296. The number of aryl methyl sites for hydroxylation is 1. The van der Waals surface area contributed by atoms with E-state index in [1.54, 1.807) is 29.2 Å². The minimum absolute atomic E-state index is 0.0366.